The number of nitrogens with one attached hydrogen (secondary N) is 2. The van der Waals surface area contributed by atoms with Gasteiger partial charge in [0.1, 0.15) is 0 Å². The first-order valence-corrected chi connectivity index (χ1v) is 5.81. The van der Waals surface area contributed by atoms with Crippen molar-refractivity contribution in [1.29, 1.82) is 0 Å². The minimum Gasteiger partial charge on any atom is -0.396 e. The summed E-state index contributed by atoms with van der Waals surface area (Å²) in [6.07, 6.45) is 3.28. The highest BCUT2D eigenvalue weighted by Crippen LogP contribution is 1.94. The van der Waals surface area contributed by atoms with E-state index < -0.39 is 0 Å². The van der Waals surface area contributed by atoms with Gasteiger partial charge in [-0.1, -0.05) is 6.92 Å². The number of hydrogen-bond acceptors (Lipinski definition) is 3. The first kappa shape index (κ1) is 14.4. The fourth-order valence-electron chi connectivity index (χ4n) is 1.28. The van der Waals surface area contributed by atoms with Crippen LogP contribution < -0.4 is 10.6 Å². The van der Waals surface area contributed by atoms with E-state index in [1.165, 1.54) is 0 Å². The highest BCUT2D eigenvalue weighted by atomic mass is 16.2. The molecule has 15 heavy (non-hydrogen) atoms. The van der Waals surface area contributed by atoms with Crippen LogP contribution in [0.3, 0.4) is 0 Å². The molecule has 0 saturated heterocycles. The molecule has 0 aliphatic carbocycles. The number of hydrogen-bond donors (Lipinski definition) is 3. The Kier molecular flexibility index (Phi) is 9.52. The van der Waals surface area contributed by atoms with Gasteiger partial charge in [0.25, 0.3) is 0 Å². The summed E-state index contributed by atoms with van der Waals surface area (Å²) >= 11 is 0. The average Bonchev–Trinajstić information content (AvgIpc) is 2.23. The van der Waals surface area contributed by atoms with Gasteiger partial charge in [0.2, 0.25) is 5.91 Å². The molecule has 0 aromatic carbocycles. The van der Waals surface area contributed by atoms with E-state index in [1.54, 1.807) is 0 Å². The van der Waals surface area contributed by atoms with Gasteiger partial charge in [-0.05, 0) is 26.2 Å². The monoisotopic (exact) mass is 216 g/mol. The number of amides is 1. The van der Waals surface area contributed by atoms with Gasteiger partial charge >= 0.3 is 0 Å². The molecule has 1 amide bonds. The van der Waals surface area contributed by atoms with Crippen LogP contribution in [0.25, 0.3) is 0 Å². The van der Waals surface area contributed by atoms with E-state index in [0.717, 1.165) is 25.8 Å². The fraction of sp³-hybridized carbons (Fsp3) is 0.909. The van der Waals surface area contributed by atoms with E-state index in [4.69, 9.17) is 5.11 Å². The third-order valence-corrected chi connectivity index (χ3v) is 2.21. The standard InChI is InChI=1S/C11H24N2O2/c1-3-7-13-11(15)6-8-12-10(2)5-4-9-14/h10,12,14H,3-9H2,1-2H3,(H,13,15). The molecule has 0 aromatic heterocycles. The second-order valence-electron chi connectivity index (χ2n) is 3.82. The average molecular weight is 216 g/mol. The van der Waals surface area contributed by atoms with Crippen molar-refractivity contribution in [3.05, 3.63) is 0 Å². The predicted octanol–water partition coefficient (Wildman–Crippen LogP) is 0.653. The van der Waals surface area contributed by atoms with Gasteiger partial charge in [0, 0.05) is 32.2 Å². The lowest BCUT2D eigenvalue weighted by molar-refractivity contribution is -0.121. The van der Waals surface area contributed by atoms with Crippen molar-refractivity contribution in [2.45, 2.75) is 45.6 Å². The molecule has 1 unspecified atom stereocenters. The Hall–Kier alpha value is -0.610. The maximum absolute atomic E-state index is 11.2. The van der Waals surface area contributed by atoms with Crippen molar-refractivity contribution in [3.63, 3.8) is 0 Å². The normalized spacial score (nSPS) is 12.5. The molecule has 0 spiro atoms. The highest BCUT2D eigenvalue weighted by Gasteiger charge is 2.03. The van der Waals surface area contributed by atoms with Crippen molar-refractivity contribution in [2.75, 3.05) is 19.7 Å². The molecule has 0 aliphatic rings. The van der Waals surface area contributed by atoms with Crippen LogP contribution in [0.2, 0.25) is 0 Å². The smallest absolute Gasteiger partial charge is 0.221 e. The van der Waals surface area contributed by atoms with Gasteiger partial charge in [-0.3, -0.25) is 4.79 Å². The summed E-state index contributed by atoms with van der Waals surface area (Å²) in [6, 6.07) is 0.371. The summed E-state index contributed by atoms with van der Waals surface area (Å²) in [7, 11) is 0. The van der Waals surface area contributed by atoms with Crippen molar-refractivity contribution in [1.82, 2.24) is 10.6 Å². The summed E-state index contributed by atoms with van der Waals surface area (Å²) in [5.74, 6) is 0.110. The van der Waals surface area contributed by atoms with Crippen LogP contribution in [0.15, 0.2) is 0 Å². The summed E-state index contributed by atoms with van der Waals surface area (Å²) in [6.45, 7) is 5.82. The Bertz CT molecular complexity index is 163. The van der Waals surface area contributed by atoms with Crippen LogP contribution in [-0.4, -0.2) is 36.8 Å². The molecule has 90 valence electrons. The van der Waals surface area contributed by atoms with Gasteiger partial charge in [-0.15, -0.1) is 0 Å². The zero-order chi connectivity index (χ0) is 11.5. The molecule has 0 fully saturated rings. The van der Waals surface area contributed by atoms with Crippen LogP contribution in [0.5, 0.6) is 0 Å². The molecule has 0 aromatic rings. The molecule has 1 atom stereocenters. The van der Waals surface area contributed by atoms with Gasteiger partial charge in [0.05, 0.1) is 0 Å². The first-order chi connectivity index (χ1) is 7.20. The van der Waals surface area contributed by atoms with Crippen molar-refractivity contribution in [2.24, 2.45) is 0 Å². The van der Waals surface area contributed by atoms with Crippen molar-refractivity contribution >= 4 is 5.91 Å². The lowest BCUT2D eigenvalue weighted by Crippen LogP contribution is -2.32. The molecular weight excluding hydrogens is 192 g/mol. The second kappa shape index (κ2) is 9.93. The topological polar surface area (TPSA) is 61.4 Å². The molecule has 3 N–H and O–H groups in total. The Morgan fingerprint density at radius 1 is 1.40 bits per heavy atom. The van der Waals surface area contributed by atoms with E-state index in [9.17, 15) is 4.79 Å². The molecule has 0 aliphatic heterocycles. The molecule has 0 heterocycles. The predicted molar refractivity (Wildman–Crippen MR) is 61.7 cm³/mol. The van der Waals surface area contributed by atoms with Gasteiger partial charge in [-0.2, -0.15) is 0 Å². The van der Waals surface area contributed by atoms with E-state index in [0.29, 0.717) is 19.0 Å². The van der Waals surface area contributed by atoms with Crippen LogP contribution in [0.4, 0.5) is 0 Å². The number of carbonyl (C=O) groups excluding carboxylic acids is 1. The quantitative estimate of drug-likeness (QED) is 0.530. The third kappa shape index (κ3) is 9.69. The maximum Gasteiger partial charge on any atom is 0.221 e. The largest absolute Gasteiger partial charge is 0.396 e. The number of aliphatic hydroxyl groups excluding tert-OH is 1. The molecule has 4 heteroatoms. The molecule has 0 saturated carbocycles. The second-order valence-corrected chi connectivity index (χ2v) is 3.82. The van der Waals surface area contributed by atoms with Crippen molar-refractivity contribution < 1.29 is 9.90 Å². The fourth-order valence-corrected chi connectivity index (χ4v) is 1.28. The summed E-state index contributed by atoms with van der Waals surface area (Å²) in [4.78, 5) is 11.2. The number of carbonyl (C=O) groups is 1. The maximum atomic E-state index is 11.2. The summed E-state index contributed by atoms with van der Waals surface area (Å²) in [5.41, 5.74) is 0. The summed E-state index contributed by atoms with van der Waals surface area (Å²) < 4.78 is 0. The Morgan fingerprint density at radius 2 is 2.13 bits per heavy atom. The Balaban J connectivity index is 3.31. The van der Waals surface area contributed by atoms with Crippen LogP contribution in [0, 0.1) is 0 Å². The minimum absolute atomic E-state index is 0.110. The third-order valence-electron chi connectivity index (χ3n) is 2.21. The van der Waals surface area contributed by atoms with Crippen LogP contribution in [-0.2, 0) is 4.79 Å². The van der Waals surface area contributed by atoms with E-state index in [2.05, 4.69) is 17.6 Å². The minimum atomic E-state index is 0.110. The lowest BCUT2D eigenvalue weighted by atomic mass is 10.2. The lowest BCUT2D eigenvalue weighted by Gasteiger charge is -2.12. The number of aliphatic hydroxyl groups is 1. The van der Waals surface area contributed by atoms with Crippen LogP contribution >= 0.6 is 0 Å². The van der Waals surface area contributed by atoms with E-state index >= 15 is 0 Å². The Morgan fingerprint density at radius 3 is 2.73 bits per heavy atom. The molecule has 0 radical (unpaired) electrons. The Labute approximate surface area is 92.4 Å². The highest BCUT2D eigenvalue weighted by molar-refractivity contribution is 5.75. The molecule has 0 rings (SSSR count). The molecular formula is C11H24N2O2. The SMILES string of the molecule is CCCNC(=O)CCNC(C)CCCO. The van der Waals surface area contributed by atoms with E-state index in [1.807, 2.05) is 6.92 Å². The van der Waals surface area contributed by atoms with Gasteiger partial charge < -0.3 is 15.7 Å². The zero-order valence-corrected chi connectivity index (χ0v) is 9.88. The van der Waals surface area contributed by atoms with Gasteiger partial charge in [0.15, 0.2) is 0 Å². The van der Waals surface area contributed by atoms with E-state index in [-0.39, 0.29) is 12.5 Å². The summed E-state index contributed by atoms with van der Waals surface area (Å²) in [5, 5.41) is 14.7. The van der Waals surface area contributed by atoms with Gasteiger partial charge in [-0.25, -0.2) is 0 Å². The van der Waals surface area contributed by atoms with Crippen molar-refractivity contribution in [3.8, 4) is 0 Å². The number of rotatable bonds is 9. The molecule has 4 nitrogen and oxygen atoms in total. The molecule has 0 bridgehead atoms. The van der Waals surface area contributed by atoms with Crippen LogP contribution in [0.1, 0.15) is 39.5 Å². The first-order valence-electron chi connectivity index (χ1n) is 5.81. The zero-order valence-electron chi connectivity index (χ0n) is 9.88.